The minimum atomic E-state index is -0.568. The molecule has 0 heterocycles. The number of carbonyl (C=O) groups is 1. The molecule has 0 aliphatic rings. The zero-order valence-electron chi connectivity index (χ0n) is 8.49. The fourth-order valence-corrected chi connectivity index (χ4v) is 1.33. The van der Waals surface area contributed by atoms with Crippen LogP contribution >= 0.6 is 0 Å². The molecule has 0 radical (unpaired) electrons. The first-order chi connectivity index (χ1) is 6.63. The van der Waals surface area contributed by atoms with Gasteiger partial charge in [-0.1, -0.05) is 29.7 Å². The summed E-state index contributed by atoms with van der Waals surface area (Å²) >= 11 is 0. The van der Waals surface area contributed by atoms with Crippen molar-refractivity contribution in [2.24, 2.45) is 5.73 Å². The van der Waals surface area contributed by atoms with Crippen LogP contribution in [0.3, 0.4) is 0 Å². The smallest absolute Gasteiger partial charge is 0.322 e. The molecule has 0 aliphatic heterocycles. The van der Waals surface area contributed by atoms with Crippen molar-refractivity contribution in [1.82, 2.24) is 0 Å². The summed E-state index contributed by atoms with van der Waals surface area (Å²) in [4.78, 5) is 11.1. The molecule has 1 aromatic rings. The van der Waals surface area contributed by atoms with Crippen LogP contribution in [0.15, 0.2) is 24.3 Å². The predicted octanol–water partition coefficient (Wildman–Crippen LogP) is -1.01. The molecule has 4 heteroatoms. The highest BCUT2D eigenvalue weighted by Gasteiger charge is 2.13. The maximum Gasteiger partial charge on any atom is 0.322 e. The van der Waals surface area contributed by atoms with Gasteiger partial charge in [-0.15, -0.1) is 0 Å². The summed E-state index contributed by atoms with van der Waals surface area (Å²) in [6.45, 7) is 0. The Morgan fingerprint density at radius 1 is 1.64 bits per heavy atom. The number of methoxy groups -OCH3 is 1. The Morgan fingerprint density at radius 3 is 2.93 bits per heavy atom. The number of esters is 1. The van der Waals surface area contributed by atoms with Crippen molar-refractivity contribution in [2.45, 2.75) is 12.5 Å². The molecule has 0 spiro atoms. The molecule has 0 aliphatic carbocycles. The first kappa shape index (κ1) is 10.8. The highest BCUT2D eigenvalue weighted by Crippen LogP contribution is 2.01. The van der Waals surface area contributed by atoms with E-state index in [4.69, 9.17) is 5.73 Å². The maximum atomic E-state index is 11.1. The largest absolute Gasteiger partial charge is 0.468 e. The average molecular weight is 191 g/mol. The van der Waals surface area contributed by atoms with Crippen LogP contribution in [0.25, 0.3) is 0 Å². The lowest BCUT2D eigenvalue weighted by Crippen LogP contribution is -2.33. The Labute approximate surface area is 84.7 Å². The number of carbonyl (C=O) groups excluding carboxylic acids is 1. The monoisotopic (exact) mass is 191 g/mol. The van der Waals surface area contributed by atoms with E-state index in [0.29, 0.717) is 6.42 Å². The van der Waals surface area contributed by atoms with Crippen LogP contribution in [0.2, 0.25) is 0 Å². The molecule has 3 nitrogen and oxygen atoms in total. The van der Waals surface area contributed by atoms with Crippen LogP contribution in [-0.2, 0) is 16.0 Å². The van der Waals surface area contributed by atoms with Crippen molar-refractivity contribution in [2.75, 3.05) is 7.11 Å². The maximum absolute atomic E-state index is 11.1. The number of benzene rings is 1. The third-order valence-corrected chi connectivity index (χ3v) is 2.04. The molecule has 0 amide bonds. The minimum Gasteiger partial charge on any atom is -0.468 e. The summed E-state index contributed by atoms with van der Waals surface area (Å²) < 4.78 is 4.55. The number of nitrogens with two attached hydrogens (primary N) is 1. The highest BCUT2D eigenvalue weighted by molar-refractivity contribution is 6.32. The topological polar surface area (TPSA) is 52.3 Å². The molecule has 1 rings (SSSR count). The molecule has 1 aromatic carbocycles. The van der Waals surface area contributed by atoms with E-state index >= 15 is 0 Å². The predicted molar refractivity (Wildman–Crippen MR) is 58.3 cm³/mol. The lowest BCUT2D eigenvalue weighted by atomic mass is 9.93. The van der Waals surface area contributed by atoms with Gasteiger partial charge in [-0.3, -0.25) is 4.79 Å². The first-order valence-corrected chi connectivity index (χ1v) is 4.52. The van der Waals surface area contributed by atoms with Gasteiger partial charge < -0.3 is 10.5 Å². The van der Waals surface area contributed by atoms with Crippen LogP contribution in [0.1, 0.15) is 5.56 Å². The lowest BCUT2D eigenvalue weighted by molar-refractivity contribution is -0.142. The number of hydrogen-bond donors (Lipinski definition) is 1. The van der Waals surface area contributed by atoms with E-state index in [1.165, 1.54) is 12.6 Å². The standard InChI is InChI=1S/C10H14BNO2/c1-14-10(13)9(12)6-7-3-2-4-8(11)5-7/h2-5,9H,6,11-12H2,1H3/t9-/m0/s1. The molecule has 0 bridgehead atoms. The SMILES string of the molecule is Bc1cccc(C[C@H](N)C(=O)OC)c1. The van der Waals surface area contributed by atoms with Crippen LogP contribution in [-0.4, -0.2) is 27.0 Å². The van der Waals surface area contributed by atoms with Gasteiger partial charge in [0.1, 0.15) is 13.9 Å². The first-order valence-electron chi connectivity index (χ1n) is 4.52. The lowest BCUT2D eigenvalue weighted by Gasteiger charge is -2.09. The van der Waals surface area contributed by atoms with Gasteiger partial charge in [-0.25, -0.2) is 0 Å². The van der Waals surface area contributed by atoms with Crippen LogP contribution in [0, 0.1) is 0 Å². The molecule has 74 valence electrons. The molecule has 14 heavy (non-hydrogen) atoms. The zero-order chi connectivity index (χ0) is 10.6. The van der Waals surface area contributed by atoms with Crippen LogP contribution < -0.4 is 11.2 Å². The van der Waals surface area contributed by atoms with Crippen molar-refractivity contribution >= 4 is 19.3 Å². The summed E-state index contributed by atoms with van der Waals surface area (Å²) in [5, 5.41) is 0. The molecule has 0 saturated heterocycles. The van der Waals surface area contributed by atoms with Crippen molar-refractivity contribution in [3.8, 4) is 0 Å². The fraction of sp³-hybridized carbons (Fsp3) is 0.300. The summed E-state index contributed by atoms with van der Waals surface area (Å²) in [7, 11) is 3.35. The minimum absolute atomic E-state index is 0.369. The Morgan fingerprint density at radius 2 is 2.36 bits per heavy atom. The summed E-state index contributed by atoms with van der Waals surface area (Å²) in [6, 6.07) is 7.36. The Hall–Kier alpha value is -1.29. The van der Waals surface area contributed by atoms with Gasteiger partial charge in [0, 0.05) is 0 Å². The molecule has 0 aromatic heterocycles. The van der Waals surface area contributed by atoms with Gasteiger partial charge in [-0.05, 0) is 12.0 Å². The Kier molecular flexibility index (Phi) is 3.71. The van der Waals surface area contributed by atoms with Gasteiger partial charge in [-0.2, -0.15) is 0 Å². The van der Waals surface area contributed by atoms with E-state index in [0.717, 1.165) is 5.56 Å². The van der Waals surface area contributed by atoms with Crippen LogP contribution in [0.5, 0.6) is 0 Å². The fourth-order valence-electron chi connectivity index (χ4n) is 1.33. The molecule has 1 atom stereocenters. The summed E-state index contributed by atoms with van der Waals surface area (Å²) in [6.07, 6.45) is 0.522. The highest BCUT2D eigenvalue weighted by atomic mass is 16.5. The van der Waals surface area contributed by atoms with Crippen LogP contribution in [0.4, 0.5) is 0 Å². The second kappa shape index (κ2) is 4.81. The molecular weight excluding hydrogens is 177 g/mol. The molecule has 0 saturated carbocycles. The van der Waals surface area contributed by atoms with Gasteiger partial charge in [0.15, 0.2) is 0 Å². The second-order valence-corrected chi connectivity index (χ2v) is 3.32. The van der Waals surface area contributed by atoms with E-state index in [9.17, 15) is 4.79 Å². The van der Waals surface area contributed by atoms with E-state index in [1.807, 2.05) is 32.1 Å². The average Bonchev–Trinajstić information content (AvgIpc) is 2.16. The van der Waals surface area contributed by atoms with Gasteiger partial charge in [0.05, 0.1) is 7.11 Å². The van der Waals surface area contributed by atoms with Crippen molar-refractivity contribution in [3.05, 3.63) is 29.8 Å². The van der Waals surface area contributed by atoms with E-state index in [2.05, 4.69) is 4.74 Å². The molecule has 0 unspecified atom stereocenters. The van der Waals surface area contributed by atoms with E-state index in [-0.39, 0.29) is 5.97 Å². The number of rotatable bonds is 3. The Balaban J connectivity index is 2.64. The van der Waals surface area contributed by atoms with E-state index < -0.39 is 6.04 Å². The van der Waals surface area contributed by atoms with Gasteiger partial charge in [0.2, 0.25) is 0 Å². The molecule has 2 N–H and O–H groups in total. The number of ether oxygens (including phenoxy) is 1. The number of hydrogen-bond acceptors (Lipinski definition) is 3. The van der Waals surface area contributed by atoms with Crippen molar-refractivity contribution in [1.29, 1.82) is 0 Å². The zero-order valence-corrected chi connectivity index (χ0v) is 8.49. The third-order valence-electron chi connectivity index (χ3n) is 2.04. The van der Waals surface area contributed by atoms with Crippen molar-refractivity contribution in [3.63, 3.8) is 0 Å². The van der Waals surface area contributed by atoms with E-state index in [1.54, 1.807) is 0 Å². The van der Waals surface area contributed by atoms with Gasteiger partial charge in [0.25, 0.3) is 0 Å². The summed E-state index contributed by atoms with van der Waals surface area (Å²) in [5.41, 5.74) is 7.86. The third kappa shape index (κ3) is 2.89. The second-order valence-electron chi connectivity index (χ2n) is 3.32. The molecular formula is C10H14BNO2. The normalized spacial score (nSPS) is 12.1. The summed E-state index contributed by atoms with van der Waals surface area (Å²) in [5.74, 6) is -0.369. The Bertz CT molecular complexity index is 328. The molecule has 0 fully saturated rings. The van der Waals surface area contributed by atoms with Crippen molar-refractivity contribution < 1.29 is 9.53 Å². The van der Waals surface area contributed by atoms with Gasteiger partial charge >= 0.3 is 5.97 Å². The quantitative estimate of drug-likeness (QED) is 0.491.